The van der Waals surface area contributed by atoms with Crippen molar-refractivity contribution in [3.8, 4) is 50.7 Å². The average Bonchev–Trinajstić information content (AvgIpc) is 3.74. The summed E-state index contributed by atoms with van der Waals surface area (Å²) in [4.78, 5) is 10.3. The van der Waals surface area contributed by atoms with E-state index in [9.17, 15) is 0 Å². The third-order valence-electron chi connectivity index (χ3n) is 9.61. The number of furan rings is 1. The van der Waals surface area contributed by atoms with Crippen molar-refractivity contribution >= 4 is 43.7 Å². The van der Waals surface area contributed by atoms with Crippen LogP contribution in [0, 0.1) is 0 Å². The topological polar surface area (TPSA) is 43.9 Å². The lowest BCUT2D eigenvalue weighted by molar-refractivity contribution is 0.669. The zero-order valence-electron chi connectivity index (χ0n) is 27.0. The van der Waals surface area contributed by atoms with Crippen LogP contribution in [0.25, 0.3) is 94.5 Å². The van der Waals surface area contributed by atoms with E-state index >= 15 is 0 Å². The van der Waals surface area contributed by atoms with Crippen molar-refractivity contribution in [2.45, 2.75) is 0 Å². The summed E-state index contributed by atoms with van der Waals surface area (Å²) in [5.74, 6) is 0.689. The van der Waals surface area contributed by atoms with E-state index in [2.05, 4.69) is 144 Å². The molecule has 0 aliphatic carbocycles. The van der Waals surface area contributed by atoms with Crippen LogP contribution in [0.2, 0.25) is 0 Å². The Kier molecular flexibility index (Phi) is 6.46. The summed E-state index contributed by atoms with van der Waals surface area (Å²) in [6, 6.07) is 61.4. The van der Waals surface area contributed by atoms with Gasteiger partial charge < -0.3 is 8.98 Å². The molecule has 3 aromatic heterocycles. The van der Waals surface area contributed by atoms with E-state index in [1.54, 1.807) is 0 Å². The lowest BCUT2D eigenvalue weighted by atomic mass is 9.97. The molecule has 10 rings (SSSR count). The molecule has 0 radical (unpaired) electrons. The maximum absolute atomic E-state index is 6.22. The largest absolute Gasteiger partial charge is 0.456 e. The monoisotopic (exact) mass is 639 g/mol. The summed E-state index contributed by atoms with van der Waals surface area (Å²) in [6.45, 7) is 0. The van der Waals surface area contributed by atoms with Crippen LogP contribution in [0.15, 0.2) is 180 Å². The van der Waals surface area contributed by atoms with Crippen LogP contribution in [-0.2, 0) is 0 Å². The van der Waals surface area contributed by atoms with Gasteiger partial charge in [-0.25, -0.2) is 9.97 Å². The first kappa shape index (κ1) is 28.3. The maximum atomic E-state index is 6.22. The van der Waals surface area contributed by atoms with E-state index in [1.807, 2.05) is 36.4 Å². The fourth-order valence-corrected chi connectivity index (χ4v) is 7.33. The van der Waals surface area contributed by atoms with Gasteiger partial charge in [-0.05, 0) is 59.7 Å². The van der Waals surface area contributed by atoms with Gasteiger partial charge in [0.15, 0.2) is 5.82 Å². The van der Waals surface area contributed by atoms with Gasteiger partial charge in [0, 0.05) is 43.9 Å². The molecule has 0 amide bonds. The van der Waals surface area contributed by atoms with Crippen molar-refractivity contribution in [1.29, 1.82) is 0 Å². The van der Waals surface area contributed by atoms with Crippen molar-refractivity contribution in [2.24, 2.45) is 0 Å². The molecule has 10 aromatic rings. The van der Waals surface area contributed by atoms with Crippen LogP contribution in [-0.4, -0.2) is 14.5 Å². The Bertz CT molecular complexity index is 2830. The fraction of sp³-hybridized carbons (Fsp3) is 0. The normalized spacial score (nSPS) is 11.6. The van der Waals surface area contributed by atoms with Crippen LogP contribution in [0.4, 0.5) is 0 Å². The molecule has 0 fully saturated rings. The highest BCUT2D eigenvalue weighted by Crippen LogP contribution is 2.38. The highest BCUT2D eigenvalue weighted by atomic mass is 16.3. The molecule has 0 aliphatic heterocycles. The van der Waals surface area contributed by atoms with Crippen molar-refractivity contribution in [3.05, 3.63) is 176 Å². The molecule has 0 N–H and O–H groups in total. The zero-order valence-corrected chi connectivity index (χ0v) is 27.0. The van der Waals surface area contributed by atoms with E-state index in [-0.39, 0.29) is 0 Å². The average molecular weight is 640 g/mol. The number of benzene rings is 7. The second-order valence-corrected chi connectivity index (χ2v) is 12.6. The van der Waals surface area contributed by atoms with Gasteiger partial charge in [0.25, 0.3) is 0 Å². The molecule has 0 unspecified atom stereocenters. The molecule has 0 spiro atoms. The van der Waals surface area contributed by atoms with Crippen molar-refractivity contribution in [2.75, 3.05) is 0 Å². The molecule has 234 valence electrons. The Hall–Kier alpha value is -6.78. The number of aromatic nitrogens is 3. The first-order valence-electron chi connectivity index (χ1n) is 16.8. The quantitative estimate of drug-likeness (QED) is 0.188. The van der Waals surface area contributed by atoms with Crippen molar-refractivity contribution in [3.63, 3.8) is 0 Å². The fourth-order valence-electron chi connectivity index (χ4n) is 7.33. The molecular weight excluding hydrogens is 611 g/mol. The molecule has 0 saturated heterocycles. The second kappa shape index (κ2) is 11.4. The van der Waals surface area contributed by atoms with Gasteiger partial charge in [-0.15, -0.1) is 0 Å². The third kappa shape index (κ3) is 4.61. The minimum absolute atomic E-state index is 0.689. The first-order chi connectivity index (χ1) is 24.8. The van der Waals surface area contributed by atoms with Gasteiger partial charge in [-0.1, -0.05) is 127 Å². The van der Waals surface area contributed by atoms with E-state index < -0.39 is 0 Å². The molecule has 4 heteroatoms. The Morgan fingerprint density at radius 3 is 1.72 bits per heavy atom. The van der Waals surface area contributed by atoms with E-state index in [0.717, 1.165) is 66.8 Å². The summed E-state index contributed by atoms with van der Waals surface area (Å²) in [5.41, 5.74) is 12.2. The Labute approximate surface area is 288 Å². The van der Waals surface area contributed by atoms with Crippen LogP contribution in [0.1, 0.15) is 0 Å². The number of nitrogens with zero attached hydrogens (tertiary/aromatic N) is 3. The standard InChI is InChI=1S/C46H29N3O/c1-2-13-30(14-3-1)46-47-39(32-16-10-15-31(27-32)35-22-12-26-44-45(35)38-21-6-9-25-43(38)50-44)29-40(48-46)33-17-11-18-34(28-33)49-41-23-7-4-19-36(41)37-20-5-8-24-42(37)49/h1-29H. The van der Waals surface area contributed by atoms with Gasteiger partial charge in [-0.3, -0.25) is 0 Å². The summed E-state index contributed by atoms with van der Waals surface area (Å²) < 4.78 is 8.57. The zero-order chi connectivity index (χ0) is 33.0. The van der Waals surface area contributed by atoms with Crippen LogP contribution in [0.5, 0.6) is 0 Å². The third-order valence-corrected chi connectivity index (χ3v) is 9.61. The molecule has 50 heavy (non-hydrogen) atoms. The molecule has 7 aromatic carbocycles. The SMILES string of the molecule is c1ccc(-c2nc(-c3cccc(-c4cccc5oc6ccccc6c45)c3)cc(-c3cccc(-n4c5ccccc5c5ccccc54)c3)n2)cc1. The van der Waals surface area contributed by atoms with Gasteiger partial charge in [0.1, 0.15) is 11.2 Å². The summed E-state index contributed by atoms with van der Waals surface area (Å²) >= 11 is 0. The van der Waals surface area contributed by atoms with Gasteiger partial charge in [0.2, 0.25) is 0 Å². The highest BCUT2D eigenvalue weighted by molar-refractivity contribution is 6.12. The van der Waals surface area contributed by atoms with Crippen LogP contribution < -0.4 is 0 Å². The van der Waals surface area contributed by atoms with Crippen LogP contribution >= 0.6 is 0 Å². The molecular formula is C46H29N3O. The Morgan fingerprint density at radius 1 is 0.400 bits per heavy atom. The number of hydrogen-bond donors (Lipinski definition) is 0. The molecule has 0 atom stereocenters. The summed E-state index contributed by atoms with van der Waals surface area (Å²) in [5, 5.41) is 4.71. The lowest BCUT2D eigenvalue weighted by Crippen LogP contribution is -1.98. The number of rotatable bonds is 5. The Balaban J connectivity index is 1.14. The smallest absolute Gasteiger partial charge is 0.160 e. The maximum Gasteiger partial charge on any atom is 0.160 e. The Morgan fingerprint density at radius 2 is 0.960 bits per heavy atom. The number of hydrogen-bond acceptors (Lipinski definition) is 3. The molecule has 0 aliphatic rings. The number of para-hydroxylation sites is 3. The van der Waals surface area contributed by atoms with E-state index in [4.69, 9.17) is 14.4 Å². The van der Waals surface area contributed by atoms with E-state index in [0.29, 0.717) is 5.82 Å². The molecule has 0 bridgehead atoms. The van der Waals surface area contributed by atoms with Gasteiger partial charge in [-0.2, -0.15) is 0 Å². The lowest BCUT2D eigenvalue weighted by Gasteiger charge is -2.13. The molecule has 3 heterocycles. The minimum atomic E-state index is 0.689. The first-order valence-corrected chi connectivity index (χ1v) is 16.8. The molecule has 4 nitrogen and oxygen atoms in total. The van der Waals surface area contributed by atoms with Gasteiger partial charge in [0.05, 0.1) is 22.4 Å². The number of fused-ring (bicyclic) bond motifs is 6. The summed E-state index contributed by atoms with van der Waals surface area (Å²) in [6.07, 6.45) is 0. The van der Waals surface area contributed by atoms with Crippen molar-refractivity contribution in [1.82, 2.24) is 14.5 Å². The predicted octanol–water partition coefficient (Wildman–Crippen LogP) is 12.1. The van der Waals surface area contributed by atoms with Gasteiger partial charge >= 0.3 is 0 Å². The summed E-state index contributed by atoms with van der Waals surface area (Å²) in [7, 11) is 0. The van der Waals surface area contributed by atoms with Crippen LogP contribution in [0.3, 0.4) is 0 Å². The predicted molar refractivity (Wildman–Crippen MR) is 205 cm³/mol. The second-order valence-electron chi connectivity index (χ2n) is 12.6. The minimum Gasteiger partial charge on any atom is -0.456 e. The highest BCUT2D eigenvalue weighted by Gasteiger charge is 2.16. The van der Waals surface area contributed by atoms with E-state index in [1.165, 1.54) is 21.8 Å². The van der Waals surface area contributed by atoms with Crippen molar-refractivity contribution < 1.29 is 4.42 Å². The molecule has 0 saturated carbocycles.